The molecule has 4 heteroatoms. The maximum Gasteiger partial charge on any atom is 0.177 e. The SMILES string of the molecule is CCOC(OCC)[C@@H](N)c1cccs1. The van der Waals surface area contributed by atoms with Crippen molar-refractivity contribution >= 4 is 11.3 Å². The van der Waals surface area contributed by atoms with Gasteiger partial charge < -0.3 is 15.2 Å². The van der Waals surface area contributed by atoms with Crippen molar-refractivity contribution in [1.29, 1.82) is 0 Å². The first-order valence-electron chi connectivity index (χ1n) is 4.81. The van der Waals surface area contributed by atoms with Gasteiger partial charge in [-0.2, -0.15) is 0 Å². The smallest absolute Gasteiger partial charge is 0.177 e. The molecule has 80 valence electrons. The van der Waals surface area contributed by atoms with Crippen LogP contribution in [0.2, 0.25) is 0 Å². The van der Waals surface area contributed by atoms with E-state index in [-0.39, 0.29) is 12.3 Å². The van der Waals surface area contributed by atoms with Crippen molar-refractivity contribution in [1.82, 2.24) is 0 Å². The van der Waals surface area contributed by atoms with Gasteiger partial charge in [-0.05, 0) is 25.3 Å². The molecule has 0 saturated heterocycles. The lowest BCUT2D eigenvalue weighted by atomic mass is 10.2. The number of rotatable bonds is 6. The van der Waals surface area contributed by atoms with E-state index in [0.717, 1.165) is 4.88 Å². The van der Waals surface area contributed by atoms with Gasteiger partial charge in [0.15, 0.2) is 6.29 Å². The van der Waals surface area contributed by atoms with Gasteiger partial charge in [0.05, 0.1) is 6.04 Å². The average molecular weight is 215 g/mol. The predicted molar refractivity (Wildman–Crippen MR) is 58.3 cm³/mol. The highest BCUT2D eigenvalue weighted by molar-refractivity contribution is 7.10. The van der Waals surface area contributed by atoms with Gasteiger partial charge in [-0.1, -0.05) is 6.07 Å². The third kappa shape index (κ3) is 3.06. The minimum absolute atomic E-state index is 0.185. The largest absolute Gasteiger partial charge is 0.351 e. The van der Waals surface area contributed by atoms with Crippen LogP contribution in [0.5, 0.6) is 0 Å². The lowest BCUT2D eigenvalue weighted by Crippen LogP contribution is -2.31. The normalized spacial score (nSPS) is 13.4. The van der Waals surface area contributed by atoms with E-state index in [0.29, 0.717) is 13.2 Å². The monoisotopic (exact) mass is 215 g/mol. The molecule has 0 radical (unpaired) electrons. The quantitative estimate of drug-likeness (QED) is 0.739. The van der Waals surface area contributed by atoms with Crippen LogP contribution in [0.4, 0.5) is 0 Å². The summed E-state index contributed by atoms with van der Waals surface area (Å²) in [6, 6.07) is 3.80. The van der Waals surface area contributed by atoms with Crippen LogP contribution < -0.4 is 5.73 Å². The summed E-state index contributed by atoms with van der Waals surface area (Å²) in [4.78, 5) is 1.09. The second-order valence-corrected chi connectivity index (χ2v) is 3.80. The van der Waals surface area contributed by atoms with Crippen molar-refractivity contribution in [2.45, 2.75) is 26.2 Å². The van der Waals surface area contributed by atoms with E-state index in [1.807, 2.05) is 31.4 Å². The summed E-state index contributed by atoms with van der Waals surface area (Å²) in [5.74, 6) is 0. The maximum absolute atomic E-state index is 6.02. The van der Waals surface area contributed by atoms with Crippen molar-refractivity contribution in [3.63, 3.8) is 0 Å². The van der Waals surface area contributed by atoms with E-state index in [9.17, 15) is 0 Å². The van der Waals surface area contributed by atoms with Gasteiger partial charge in [0.1, 0.15) is 0 Å². The van der Waals surface area contributed by atoms with Crippen molar-refractivity contribution in [3.8, 4) is 0 Å². The number of hydrogen-bond acceptors (Lipinski definition) is 4. The molecule has 1 heterocycles. The standard InChI is InChI=1S/C10H17NO2S/c1-3-12-10(13-4-2)9(11)8-6-5-7-14-8/h5-7,9-10H,3-4,11H2,1-2H3/t9-/m0/s1. The summed E-state index contributed by atoms with van der Waals surface area (Å²) in [5.41, 5.74) is 6.02. The Kier molecular flexibility index (Phi) is 5.11. The average Bonchev–Trinajstić information content (AvgIpc) is 2.69. The Morgan fingerprint density at radius 1 is 1.36 bits per heavy atom. The fourth-order valence-corrected chi connectivity index (χ4v) is 1.94. The van der Waals surface area contributed by atoms with Crippen LogP contribution in [0.3, 0.4) is 0 Å². The highest BCUT2D eigenvalue weighted by Gasteiger charge is 2.20. The highest BCUT2D eigenvalue weighted by Crippen LogP contribution is 2.22. The number of thiophene rings is 1. The first-order valence-corrected chi connectivity index (χ1v) is 5.69. The van der Waals surface area contributed by atoms with Gasteiger partial charge in [-0.3, -0.25) is 0 Å². The van der Waals surface area contributed by atoms with Crippen molar-refractivity contribution in [3.05, 3.63) is 22.4 Å². The molecule has 14 heavy (non-hydrogen) atoms. The van der Waals surface area contributed by atoms with Crippen LogP contribution in [0.1, 0.15) is 24.8 Å². The fourth-order valence-electron chi connectivity index (χ4n) is 1.20. The van der Waals surface area contributed by atoms with E-state index in [2.05, 4.69) is 0 Å². The summed E-state index contributed by atoms with van der Waals surface area (Å²) in [6.07, 6.45) is -0.330. The lowest BCUT2D eigenvalue weighted by Gasteiger charge is -2.22. The van der Waals surface area contributed by atoms with Gasteiger partial charge in [-0.25, -0.2) is 0 Å². The molecule has 1 rings (SSSR count). The zero-order chi connectivity index (χ0) is 10.4. The van der Waals surface area contributed by atoms with Gasteiger partial charge in [0.2, 0.25) is 0 Å². The summed E-state index contributed by atoms with van der Waals surface area (Å²) in [7, 11) is 0. The summed E-state index contributed by atoms with van der Waals surface area (Å²) in [6.45, 7) is 5.10. The van der Waals surface area contributed by atoms with Gasteiger partial charge in [0.25, 0.3) is 0 Å². The van der Waals surface area contributed by atoms with Gasteiger partial charge in [0, 0.05) is 18.1 Å². The number of nitrogens with two attached hydrogens (primary N) is 1. The molecule has 0 aliphatic carbocycles. The minimum Gasteiger partial charge on any atom is -0.351 e. The lowest BCUT2D eigenvalue weighted by molar-refractivity contribution is -0.148. The molecule has 0 bridgehead atoms. The molecule has 0 aromatic carbocycles. The molecule has 3 nitrogen and oxygen atoms in total. The molecule has 2 N–H and O–H groups in total. The second kappa shape index (κ2) is 6.14. The van der Waals surface area contributed by atoms with E-state index in [1.165, 1.54) is 0 Å². The van der Waals surface area contributed by atoms with Crippen molar-refractivity contribution < 1.29 is 9.47 Å². The van der Waals surface area contributed by atoms with E-state index < -0.39 is 0 Å². The predicted octanol–water partition coefficient (Wildman–Crippen LogP) is 2.15. The molecule has 0 aliphatic heterocycles. The Bertz CT molecular complexity index is 232. The number of ether oxygens (including phenoxy) is 2. The molecule has 1 aromatic rings. The molecule has 0 spiro atoms. The third-order valence-corrected chi connectivity index (χ3v) is 2.80. The molecule has 0 fully saturated rings. The Morgan fingerprint density at radius 3 is 2.43 bits per heavy atom. The van der Waals surface area contributed by atoms with E-state index >= 15 is 0 Å². The summed E-state index contributed by atoms with van der Waals surface area (Å²) < 4.78 is 10.9. The van der Waals surface area contributed by atoms with Crippen LogP contribution in [-0.2, 0) is 9.47 Å². The van der Waals surface area contributed by atoms with Crippen LogP contribution in [0.15, 0.2) is 17.5 Å². The Balaban J connectivity index is 2.58. The van der Waals surface area contributed by atoms with Gasteiger partial charge in [-0.15, -0.1) is 11.3 Å². The van der Waals surface area contributed by atoms with Crippen LogP contribution in [0.25, 0.3) is 0 Å². The third-order valence-electron chi connectivity index (χ3n) is 1.83. The Hall–Kier alpha value is -0.420. The molecule has 1 aromatic heterocycles. The maximum atomic E-state index is 6.02. The fraction of sp³-hybridized carbons (Fsp3) is 0.600. The molecule has 1 atom stereocenters. The zero-order valence-corrected chi connectivity index (χ0v) is 9.42. The van der Waals surface area contributed by atoms with Crippen LogP contribution >= 0.6 is 11.3 Å². The van der Waals surface area contributed by atoms with E-state index in [4.69, 9.17) is 15.2 Å². The first-order chi connectivity index (χ1) is 6.79. The Labute approximate surface area is 88.8 Å². The highest BCUT2D eigenvalue weighted by atomic mass is 32.1. The molecule has 0 amide bonds. The molecular formula is C10H17NO2S. The van der Waals surface area contributed by atoms with Crippen LogP contribution in [0, 0.1) is 0 Å². The number of hydrogen-bond donors (Lipinski definition) is 1. The molecule has 0 unspecified atom stereocenters. The minimum atomic E-state index is -0.330. The molecular weight excluding hydrogens is 198 g/mol. The Morgan fingerprint density at radius 2 is 2.00 bits per heavy atom. The topological polar surface area (TPSA) is 44.5 Å². The van der Waals surface area contributed by atoms with E-state index in [1.54, 1.807) is 11.3 Å². The zero-order valence-electron chi connectivity index (χ0n) is 8.60. The first kappa shape index (κ1) is 11.7. The van der Waals surface area contributed by atoms with Crippen molar-refractivity contribution in [2.24, 2.45) is 5.73 Å². The van der Waals surface area contributed by atoms with Gasteiger partial charge >= 0.3 is 0 Å². The summed E-state index contributed by atoms with van der Waals surface area (Å²) >= 11 is 1.63. The molecule has 0 saturated carbocycles. The second-order valence-electron chi connectivity index (χ2n) is 2.82. The van der Waals surface area contributed by atoms with Crippen LogP contribution in [-0.4, -0.2) is 19.5 Å². The molecule has 0 aliphatic rings. The van der Waals surface area contributed by atoms with Crippen molar-refractivity contribution in [2.75, 3.05) is 13.2 Å². The summed E-state index contributed by atoms with van der Waals surface area (Å²) in [5, 5.41) is 2.00.